The lowest BCUT2D eigenvalue weighted by Crippen LogP contribution is -2.28. The summed E-state index contributed by atoms with van der Waals surface area (Å²) in [5, 5.41) is 0. The van der Waals surface area contributed by atoms with Crippen molar-refractivity contribution in [2.45, 2.75) is 13.8 Å². The summed E-state index contributed by atoms with van der Waals surface area (Å²) in [7, 11) is 0. The van der Waals surface area contributed by atoms with Gasteiger partial charge < -0.3 is 4.74 Å². The van der Waals surface area contributed by atoms with Gasteiger partial charge in [-0.1, -0.05) is 48.5 Å². The van der Waals surface area contributed by atoms with Crippen LogP contribution in [-0.4, -0.2) is 22.1 Å². The molecule has 0 bridgehead atoms. The number of nitrogens with zero attached hydrogens (tertiary/aromatic N) is 2. The molecule has 1 aromatic heterocycles. The molecule has 0 fully saturated rings. The average molecular weight is 334 g/mol. The van der Waals surface area contributed by atoms with Crippen molar-refractivity contribution in [3.63, 3.8) is 0 Å². The minimum atomic E-state index is -0.588. The molecular weight excluding hydrogens is 316 g/mol. The van der Waals surface area contributed by atoms with E-state index in [9.17, 15) is 9.59 Å². The van der Waals surface area contributed by atoms with Crippen molar-refractivity contribution < 1.29 is 9.53 Å². The molecule has 0 spiro atoms. The van der Waals surface area contributed by atoms with Crippen LogP contribution in [0.2, 0.25) is 0 Å². The number of benzene rings is 2. The minimum absolute atomic E-state index is 0.0536. The maximum atomic E-state index is 13.0. The number of ether oxygens (including phenoxy) is 1. The van der Waals surface area contributed by atoms with Crippen LogP contribution in [0.5, 0.6) is 0 Å². The molecule has 5 nitrogen and oxygen atoms in total. The summed E-state index contributed by atoms with van der Waals surface area (Å²) in [5.41, 5.74) is 1.47. The number of aromatic nitrogens is 2. The van der Waals surface area contributed by atoms with Gasteiger partial charge in [-0.25, -0.2) is 9.78 Å². The van der Waals surface area contributed by atoms with Gasteiger partial charge in [0, 0.05) is 11.1 Å². The van der Waals surface area contributed by atoms with E-state index < -0.39 is 5.97 Å². The highest BCUT2D eigenvalue weighted by molar-refractivity contribution is 5.89. The zero-order valence-corrected chi connectivity index (χ0v) is 14.1. The molecule has 126 valence electrons. The molecule has 0 unspecified atom stereocenters. The smallest absolute Gasteiger partial charge is 0.357 e. The lowest BCUT2D eigenvalue weighted by atomic mass is 10.1. The highest BCUT2D eigenvalue weighted by Crippen LogP contribution is 2.21. The molecule has 0 saturated heterocycles. The summed E-state index contributed by atoms with van der Waals surface area (Å²) in [6, 6.07) is 18.6. The third kappa shape index (κ3) is 3.21. The SMILES string of the molecule is CCOC(=O)c1nc(-c2ccccc2)n(-c2ccccc2)c(=O)c1C. The van der Waals surface area contributed by atoms with Gasteiger partial charge in [0.2, 0.25) is 0 Å². The fourth-order valence-electron chi connectivity index (χ4n) is 2.60. The van der Waals surface area contributed by atoms with Gasteiger partial charge in [-0.05, 0) is 26.0 Å². The van der Waals surface area contributed by atoms with E-state index in [1.807, 2.05) is 60.7 Å². The maximum absolute atomic E-state index is 13.0. The first kappa shape index (κ1) is 16.6. The van der Waals surface area contributed by atoms with Crippen molar-refractivity contribution in [2.75, 3.05) is 6.61 Å². The van der Waals surface area contributed by atoms with Crippen molar-refractivity contribution in [3.05, 3.63) is 82.3 Å². The van der Waals surface area contributed by atoms with Crippen molar-refractivity contribution in [1.29, 1.82) is 0 Å². The summed E-state index contributed by atoms with van der Waals surface area (Å²) in [6.45, 7) is 3.54. The molecule has 0 amide bonds. The van der Waals surface area contributed by atoms with E-state index >= 15 is 0 Å². The zero-order valence-electron chi connectivity index (χ0n) is 14.1. The van der Waals surface area contributed by atoms with Crippen molar-refractivity contribution in [2.24, 2.45) is 0 Å². The molecule has 2 aromatic carbocycles. The van der Waals surface area contributed by atoms with E-state index in [-0.39, 0.29) is 23.4 Å². The fraction of sp³-hybridized carbons (Fsp3) is 0.150. The lowest BCUT2D eigenvalue weighted by molar-refractivity contribution is 0.0518. The van der Waals surface area contributed by atoms with Gasteiger partial charge in [-0.3, -0.25) is 9.36 Å². The van der Waals surface area contributed by atoms with Crippen LogP contribution in [0.15, 0.2) is 65.5 Å². The molecular formula is C20H18N2O3. The second-order valence-electron chi connectivity index (χ2n) is 5.47. The van der Waals surface area contributed by atoms with Gasteiger partial charge in [0.15, 0.2) is 5.69 Å². The van der Waals surface area contributed by atoms with E-state index in [0.29, 0.717) is 11.5 Å². The molecule has 0 saturated carbocycles. The van der Waals surface area contributed by atoms with Gasteiger partial charge in [0.25, 0.3) is 5.56 Å². The Balaban J connectivity index is 2.33. The number of carbonyl (C=O) groups is 1. The lowest BCUT2D eigenvalue weighted by Gasteiger charge is -2.15. The van der Waals surface area contributed by atoms with E-state index in [4.69, 9.17) is 4.74 Å². The first-order chi connectivity index (χ1) is 12.1. The molecule has 0 radical (unpaired) electrons. The predicted octanol–water partition coefficient (Wildman–Crippen LogP) is 3.38. The van der Waals surface area contributed by atoms with Crippen LogP contribution in [-0.2, 0) is 4.74 Å². The van der Waals surface area contributed by atoms with Gasteiger partial charge in [0.05, 0.1) is 12.3 Å². The number of para-hydroxylation sites is 1. The van der Waals surface area contributed by atoms with Crippen LogP contribution in [0.4, 0.5) is 0 Å². The first-order valence-corrected chi connectivity index (χ1v) is 8.05. The van der Waals surface area contributed by atoms with Gasteiger partial charge >= 0.3 is 5.97 Å². The number of hydrogen-bond acceptors (Lipinski definition) is 4. The normalized spacial score (nSPS) is 10.5. The molecule has 1 heterocycles. The first-order valence-electron chi connectivity index (χ1n) is 8.05. The van der Waals surface area contributed by atoms with Gasteiger partial charge in [0.1, 0.15) is 5.82 Å². The van der Waals surface area contributed by atoms with Crippen molar-refractivity contribution in [1.82, 2.24) is 9.55 Å². The second kappa shape index (κ2) is 7.13. The Morgan fingerprint density at radius 2 is 1.64 bits per heavy atom. The minimum Gasteiger partial charge on any atom is -0.461 e. The van der Waals surface area contributed by atoms with Crippen LogP contribution in [0.25, 0.3) is 17.1 Å². The molecule has 5 heteroatoms. The molecule has 3 rings (SSSR count). The highest BCUT2D eigenvalue weighted by atomic mass is 16.5. The standard InChI is InChI=1S/C20H18N2O3/c1-3-25-20(24)17-14(2)19(23)22(16-12-8-5-9-13-16)18(21-17)15-10-6-4-7-11-15/h4-13H,3H2,1-2H3. The summed E-state index contributed by atoms with van der Waals surface area (Å²) < 4.78 is 6.57. The molecule has 3 aromatic rings. The maximum Gasteiger partial charge on any atom is 0.357 e. The third-order valence-corrected chi connectivity index (χ3v) is 3.82. The van der Waals surface area contributed by atoms with E-state index in [0.717, 1.165) is 5.56 Å². The Bertz CT molecular complexity index is 948. The van der Waals surface area contributed by atoms with Crippen LogP contribution in [0.3, 0.4) is 0 Å². The van der Waals surface area contributed by atoms with Crippen molar-refractivity contribution in [3.8, 4) is 17.1 Å². The van der Waals surface area contributed by atoms with Crippen LogP contribution < -0.4 is 5.56 Å². The average Bonchev–Trinajstić information content (AvgIpc) is 2.65. The van der Waals surface area contributed by atoms with Crippen molar-refractivity contribution >= 4 is 5.97 Å². The van der Waals surface area contributed by atoms with E-state index in [1.165, 1.54) is 4.57 Å². The van der Waals surface area contributed by atoms with Gasteiger partial charge in [-0.15, -0.1) is 0 Å². The quantitative estimate of drug-likeness (QED) is 0.686. The molecule has 0 atom stereocenters. The molecule has 0 aliphatic carbocycles. The molecule has 0 aliphatic heterocycles. The van der Waals surface area contributed by atoms with E-state index in [2.05, 4.69) is 4.98 Å². The fourth-order valence-corrected chi connectivity index (χ4v) is 2.60. The predicted molar refractivity (Wildman–Crippen MR) is 96.0 cm³/mol. The molecule has 0 aliphatic rings. The van der Waals surface area contributed by atoms with Gasteiger partial charge in [-0.2, -0.15) is 0 Å². The Labute approximate surface area is 145 Å². The topological polar surface area (TPSA) is 61.2 Å². The number of carbonyl (C=O) groups excluding carboxylic acids is 1. The Kier molecular flexibility index (Phi) is 4.75. The van der Waals surface area contributed by atoms with E-state index in [1.54, 1.807) is 13.8 Å². The Morgan fingerprint density at radius 1 is 1.04 bits per heavy atom. The highest BCUT2D eigenvalue weighted by Gasteiger charge is 2.21. The molecule has 25 heavy (non-hydrogen) atoms. The number of esters is 1. The summed E-state index contributed by atoms with van der Waals surface area (Å²) in [6.07, 6.45) is 0. The van der Waals surface area contributed by atoms with Crippen LogP contribution in [0, 0.1) is 6.92 Å². The third-order valence-electron chi connectivity index (χ3n) is 3.82. The van der Waals surface area contributed by atoms with Crippen LogP contribution >= 0.6 is 0 Å². The second-order valence-corrected chi connectivity index (χ2v) is 5.47. The summed E-state index contributed by atoms with van der Waals surface area (Å²) >= 11 is 0. The Hall–Kier alpha value is -3.21. The summed E-state index contributed by atoms with van der Waals surface area (Å²) in [5.74, 6) is -0.181. The van der Waals surface area contributed by atoms with Crippen LogP contribution in [0.1, 0.15) is 23.0 Å². The monoisotopic (exact) mass is 334 g/mol. The Morgan fingerprint density at radius 3 is 2.24 bits per heavy atom. The largest absolute Gasteiger partial charge is 0.461 e. The number of rotatable bonds is 4. The zero-order chi connectivity index (χ0) is 17.8. The number of hydrogen-bond donors (Lipinski definition) is 0. The summed E-state index contributed by atoms with van der Waals surface area (Å²) in [4.78, 5) is 29.7. The molecule has 0 N–H and O–H groups in total.